The van der Waals surface area contributed by atoms with Crippen LogP contribution in [0.5, 0.6) is 11.5 Å². The maximum Gasteiger partial charge on any atom is 0.320 e. The third-order valence-corrected chi connectivity index (χ3v) is 5.20. The maximum atomic E-state index is 11.8. The van der Waals surface area contributed by atoms with E-state index in [1.54, 1.807) is 7.11 Å². The third-order valence-electron chi connectivity index (χ3n) is 5.20. The first kappa shape index (κ1) is 19.2. The fraction of sp³-hybridized carbons (Fsp3) is 0.409. The number of hydrogen-bond acceptors (Lipinski definition) is 4. The summed E-state index contributed by atoms with van der Waals surface area (Å²) in [4.78, 5) is 13.9. The molecule has 1 aliphatic heterocycles. The van der Waals surface area contributed by atoms with Crippen LogP contribution < -0.4 is 9.47 Å². The fourth-order valence-electron chi connectivity index (χ4n) is 3.94. The summed E-state index contributed by atoms with van der Waals surface area (Å²) in [6.45, 7) is 5.32. The van der Waals surface area contributed by atoms with Crippen LogP contribution in [0.15, 0.2) is 42.5 Å². The Balaban J connectivity index is 2.10. The Bertz CT molecular complexity index is 805. The molecule has 0 radical (unpaired) electrons. The summed E-state index contributed by atoms with van der Waals surface area (Å²) in [7, 11) is 1.63. The van der Waals surface area contributed by atoms with Crippen LogP contribution in [0.2, 0.25) is 0 Å². The first-order valence-electron chi connectivity index (χ1n) is 9.41. The second-order valence-electron chi connectivity index (χ2n) is 6.84. The highest BCUT2D eigenvalue weighted by Gasteiger charge is 2.37. The average Bonchev–Trinajstić information content (AvgIpc) is 3.14. The van der Waals surface area contributed by atoms with Crippen LogP contribution in [0.3, 0.4) is 0 Å². The van der Waals surface area contributed by atoms with Crippen molar-refractivity contribution in [1.82, 2.24) is 4.90 Å². The lowest BCUT2D eigenvalue weighted by Crippen LogP contribution is -2.39. The Morgan fingerprint density at radius 3 is 2.70 bits per heavy atom. The first-order chi connectivity index (χ1) is 13.1. The van der Waals surface area contributed by atoms with Crippen LogP contribution in [-0.4, -0.2) is 42.3 Å². The van der Waals surface area contributed by atoms with Crippen LogP contribution in [0, 0.1) is 6.92 Å². The number of carboxylic acids is 1. The number of methoxy groups -OCH3 is 1. The standard InChI is InChI=1S/C22H27NO4/c1-4-27-19-12-11-16(14-20(19)26-3)21(17-9-6-5-8-15(17)2)23-13-7-10-18(23)22(24)25/h5-6,8-9,11-12,14,18,21H,4,7,10,13H2,1-3H3,(H,24,25). The molecule has 1 saturated heterocycles. The van der Waals surface area contributed by atoms with Crippen molar-refractivity contribution in [2.75, 3.05) is 20.3 Å². The van der Waals surface area contributed by atoms with Crippen LogP contribution in [0.4, 0.5) is 0 Å². The van der Waals surface area contributed by atoms with Crippen molar-refractivity contribution in [3.63, 3.8) is 0 Å². The smallest absolute Gasteiger partial charge is 0.320 e. The van der Waals surface area contributed by atoms with Gasteiger partial charge in [0.05, 0.1) is 19.8 Å². The van der Waals surface area contributed by atoms with Gasteiger partial charge in [0.1, 0.15) is 6.04 Å². The molecule has 0 aliphatic carbocycles. The van der Waals surface area contributed by atoms with E-state index in [2.05, 4.69) is 24.0 Å². The van der Waals surface area contributed by atoms with E-state index in [0.717, 1.165) is 29.7 Å². The number of benzene rings is 2. The molecule has 0 amide bonds. The Labute approximate surface area is 160 Å². The van der Waals surface area contributed by atoms with Gasteiger partial charge in [0.15, 0.2) is 11.5 Å². The van der Waals surface area contributed by atoms with E-state index in [0.29, 0.717) is 24.5 Å². The minimum Gasteiger partial charge on any atom is -0.493 e. The van der Waals surface area contributed by atoms with Crippen molar-refractivity contribution in [3.8, 4) is 11.5 Å². The minimum absolute atomic E-state index is 0.139. The number of hydrogen-bond donors (Lipinski definition) is 1. The van der Waals surface area contributed by atoms with Crippen molar-refractivity contribution in [3.05, 3.63) is 59.2 Å². The molecule has 1 heterocycles. The molecule has 144 valence electrons. The maximum absolute atomic E-state index is 11.8. The van der Waals surface area contributed by atoms with Crippen LogP contribution in [0.25, 0.3) is 0 Å². The van der Waals surface area contributed by atoms with Gasteiger partial charge in [-0.05, 0) is 55.5 Å². The molecule has 2 unspecified atom stereocenters. The molecule has 0 bridgehead atoms. The molecule has 27 heavy (non-hydrogen) atoms. The van der Waals surface area contributed by atoms with Gasteiger partial charge < -0.3 is 14.6 Å². The highest BCUT2D eigenvalue weighted by molar-refractivity contribution is 5.74. The molecule has 1 N–H and O–H groups in total. The van der Waals surface area contributed by atoms with Gasteiger partial charge in [0, 0.05) is 6.54 Å². The molecule has 1 aliphatic rings. The quantitative estimate of drug-likeness (QED) is 0.798. The van der Waals surface area contributed by atoms with E-state index >= 15 is 0 Å². The molecule has 1 fully saturated rings. The zero-order chi connectivity index (χ0) is 19.4. The minimum atomic E-state index is -0.760. The summed E-state index contributed by atoms with van der Waals surface area (Å²) in [6, 6.07) is 13.4. The second-order valence-corrected chi connectivity index (χ2v) is 6.84. The number of nitrogens with zero attached hydrogens (tertiary/aromatic N) is 1. The Kier molecular flexibility index (Phi) is 6.01. The highest BCUT2D eigenvalue weighted by atomic mass is 16.5. The van der Waals surface area contributed by atoms with Gasteiger partial charge >= 0.3 is 5.97 Å². The number of carbonyl (C=O) groups is 1. The van der Waals surface area contributed by atoms with Crippen LogP contribution >= 0.6 is 0 Å². The number of carboxylic acid groups (broad SMARTS) is 1. The Hall–Kier alpha value is -2.53. The number of aliphatic carboxylic acids is 1. The number of likely N-dealkylation sites (tertiary alicyclic amines) is 1. The summed E-state index contributed by atoms with van der Waals surface area (Å²) in [6.07, 6.45) is 1.55. The van der Waals surface area contributed by atoms with E-state index in [1.807, 2.05) is 37.3 Å². The van der Waals surface area contributed by atoms with Gasteiger partial charge in [-0.25, -0.2) is 0 Å². The molecule has 0 spiro atoms. The van der Waals surface area contributed by atoms with E-state index in [9.17, 15) is 9.90 Å². The summed E-state index contributed by atoms with van der Waals surface area (Å²) in [5.74, 6) is 0.603. The van der Waals surface area contributed by atoms with Gasteiger partial charge in [-0.2, -0.15) is 0 Å². The molecular weight excluding hydrogens is 342 g/mol. The van der Waals surface area contributed by atoms with Gasteiger partial charge in [0.25, 0.3) is 0 Å². The number of ether oxygens (including phenoxy) is 2. The molecule has 2 aromatic carbocycles. The summed E-state index contributed by atoms with van der Waals surface area (Å²) in [5, 5.41) is 9.72. The summed E-state index contributed by atoms with van der Waals surface area (Å²) < 4.78 is 11.2. The molecule has 2 atom stereocenters. The van der Waals surface area contributed by atoms with Gasteiger partial charge in [-0.1, -0.05) is 30.3 Å². The first-order valence-corrected chi connectivity index (χ1v) is 9.41. The van der Waals surface area contributed by atoms with Crippen molar-refractivity contribution in [2.24, 2.45) is 0 Å². The zero-order valence-corrected chi connectivity index (χ0v) is 16.1. The topological polar surface area (TPSA) is 59.0 Å². The van der Waals surface area contributed by atoms with Crippen molar-refractivity contribution in [1.29, 1.82) is 0 Å². The molecule has 2 aromatic rings. The van der Waals surface area contributed by atoms with Gasteiger partial charge in [0.2, 0.25) is 0 Å². The van der Waals surface area contributed by atoms with Crippen molar-refractivity contribution < 1.29 is 19.4 Å². The zero-order valence-electron chi connectivity index (χ0n) is 16.1. The van der Waals surface area contributed by atoms with Crippen LogP contribution in [-0.2, 0) is 4.79 Å². The summed E-state index contributed by atoms with van der Waals surface area (Å²) in [5.41, 5.74) is 3.28. The van der Waals surface area contributed by atoms with E-state index in [4.69, 9.17) is 9.47 Å². The lowest BCUT2D eigenvalue weighted by Gasteiger charge is -2.33. The lowest BCUT2D eigenvalue weighted by molar-refractivity contribution is -0.142. The van der Waals surface area contributed by atoms with Gasteiger partial charge in [-0.3, -0.25) is 9.69 Å². The largest absolute Gasteiger partial charge is 0.493 e. The number of aryl methyl sites for hydroxylation is 1. The monoisotopic (exact) mass is 369 g/mol. The highest BCUT2D eigenvalue weighted by Crippen LogP contribution is 2.39. The molecule has 5 heteroatoms. The predicted molar refractivity (Wildman–Crippen MR) is 105 cm³/mol. The normalized spacial score (nSPS) is 18.3. The van der Waals surface area contributed by atoms with E-state index in [-0.39, 0.29) is 6.04 Å². The van der Waals surface area contributed by atoms with E-state index < -0.39 is 12.0 Å². The molecular formula is C22H27NO4. The Morgan fingerprint density at radius 1 is 1.26 bits per heavy atom. The third kappa shape index (κ3) is 3.93. The molecule has 5 nitrogen and oxygen atoms in total. The van der Waals surface area contributed by atoms with E-state index in [1.165, 1.54) is 0 Å². The Morgan fingerprint density at radius 2 is 2.04 bits per heavy atom. The summed E-state index contributed by atoms with van der Waals surface area (Å²) >= 11 is 0. The van der Waals surface area contributed by atoms with Gasteiger partial charge in [-0.15, -0.1) is 0 Å². The van der Waals surface area contributed by atoms with Crippen LogP contribution in [0.1, 0.15) is 42.5 Å². The second kappa shape index (κ2) is 8.44. The lowest BCUT2D eigenvalue weighted by atomic mass is 9.92. The molecule has 0 saturated carbocycles. The molecule has 3 rings (SSSR count). The molecule has 0 aromatic heterocycles. The predicted octanol–water partition coefficient (Wildman–Crippen LogP) is 4.04. The SMILES string of the molecule is CCOc1ccc(C(c2ccccc2C)N2CCCC2C(=O)O)cc1OC. The fourth-order valence-corrected chi connectivity index (χ4v) is 3.94. The average molecular weight is 369 g/mol. The number of rotatable bonds is 7. The van der Waals surface area contributed by atoms with Crippen molar-refractivity contribution >= 4 is 5.97 Å². The van der Waals surface area contributed by atoms with Crippen molar-refractivity contribution in [2.45, 2.75) is 38.8 Å².